The Morgan fingerprint density at radius 3 is 2.36 bits per heavy atom. The first kappa shape index (κ1) is 18.6. The van der Waals surface area contributed by atoms with Gasteiger partial charge in [-0.3, -0.25) is 4.79 Å². The molecule has 0 atom stereocenters. The summed E-state index contributed by atoms with van der Waals surface area (Å²) in [4.78, 5) is 12.3. The molecule has 0 radical (unpaired) electrons. The van der Waals surface area contributed by atoms with Crippen LogP contribution in [0.4, 0.5) is 0 Å². The van der Waals surface area contributed by atoms with E-state index in [2.05, 4.69) is 6.58 Å². The van der Waals surface area contributed by atoms with Gasteiger partial charge >= 0.3 is 0 Å². The third-order valence-electron chi connectivity index (χ3n) is 3.37. The summed E-state index contributed by atoms with van der Waals surface area (Å²) in [6.45, 7) is 3.78. The van der Waals surface area contributed by atoms with E-state index in [1.807, 2.05) is 6.07 Å². The van der Waals surface area contributed by atoms with Crippen molar-refractivity contribution in [3.63, 3.8) is 0 Å². The summed E-state index contributed by atoms with van der Waals surface area (Å²) in [6, 6.07) is 12.3. The zero-order valence-electron chi connectivity index (χ0n) is 14.1. The Kier molecular flexibility index (Phi) is 6.66. The highest BCUT2D eigenvalue weighted by atomic mass is 35.5. The van der Waals surface area contributed by atoms with Crippen molar-refractivity contribution in [3.8, 4) is 17.2 Å². The van der Waals surface area contributed by atoms with Crippen LogP contribution in [0.2, 0.25) is 0 Å². The van der Waals surface area contributed by atoms with Crippen LogP contribution in [-0.4, -0.2) is 26.6 Å². The molecule has 0 aliphatic rings. The molecular formula is C20H19ClO4. The minimum atomic E-state index is -0.108. The van der Waals surface area contributed by atoms with Gasteiger partial charge in [0.2, 0.25) is 0 Å². The molecule has 0 fully saturated rings. The van der Waals surface area contributed by atoms with Crippen molar-refractivity contribution in [2.75, 3.05) is 20.8 Å². The van der Waals surface area contributed by atoms with Crippen molar-refractivity contribution in [1.82, 2.24) is 0 Å². The molecule has 2 aromatic rings. The van der Waals surface area contributed by atoms with Gasteiger partial charge in [0.25, 0.3) is 0 Å². The summed E-state index contributed by atoms with van der Waals surface area (Å²) in [5.74, 6) is 1.77. The van der Waals surface area contributed by atoms with E-state index in [4.69, 9.17) is 25.8 Å². The van der Waals surface area contributed by atoms with Crippen LogP contribution in [0.15, 0.2) is 60.2 Å². The van der Waals surface area contributed by atoms with Crippen LogP contribution in [-0.2, 0) is 0 Å². The maximum atomic E-state index is 12.3. The van der Waals surface area contributed by atoms with E-state index in [-0.39, 0.29) is 12.4 Å². The summed E-state index contributed by atoms with van der Waals surface area (Å²) < 4.78 is 15.8. The number of methoxy groups -OCH3 is 2. The lowest BCUT2D eigenvalue weighted by atomic mass is 10.1. The van der Waals surface area contributed by atoms with Crippen LogP contribution < -0.4 is 14.2 Å². The van der Waals surface area contributed by atoms with Crippen molar-refractivity contribution in [2.45, 2.75) is 0 Å². The first-order valence-corrected chi connectivity index (χ1v) is 7.92. The predicted octanol–water partition coefficient (Wildman–Crippen LogP) is 4.73. The predicted molar refractivity (Wildman–Crippen MR) is 99.8 cm³/mol. The molecule has 0 saturated carbocycles. The van der Waals surface area contributed by atoms with Gasteiger partial charge in [-0.25, -0.2) is 0 Å². The average Bonchev–Trinajstić information content (AvgIpc) is 2.64. The molecule has 0 aliphatic heterocycles. The van der Waals surface area contributed by atoms with E-state index in [1.165, 1.54) is 6.08 Å². The zero-order valence-corrected chi connectivity index (χ0v) is 14.9. The molecule has 2 rings (SSSR count). The van der Waals surface area contributed by atoms with E-state index in [0.29, 0.717) is 27.8 Å². The molecule has 4 nitrogen and oxygen atoms in total. The fraction of sp³-hybridized carbons (Fsp3) is 0.150. The van der Waals surface area contributed by atoms with Gasteiger partial charge in [0.15, 0.2) is 17.3 Å². The highest BCUT2D eigenvalue weighted by molar-refractivity contribution is 6.29. The second-order valence-corrected chi connectivity index (χ2v) is 5.68. The Balaban J connectivity index is 2.06. The molecule has 5 heteroatoms. The third kappa shape index (κ3) is 5.40. The first-order chi connectivity index (χ1) is 12.0. The second-order valence-electron chi connectivity index (χ2n) is 5.14. The Hall–Kier alpha value is -2.72. The van der Waals surface area contributed by atoms with Gasteiger partial charge in [0.05, 0.1) is 14.2 Å². The standard InChI is InChI=1S/C20H19ClO4/c1-14(21)13-25-17-8-6-16(7-9-17)18(22)10-4-15-5-11-19(23-2)20(12-15)24-3/h4-12H,1,13H2,2-3H3/b10-4+. The van der Waals surface area contributed by atoms with Crippen molar-refractivity contribution in [2.24, 2.45) is 0 Å². The normalized spacial score (nSPS) is 10.5. The number of halogens is 1. The number of benzene rings is 2. The second kappa shape index (κ2) is 8.94. The number of ether oxygens (including phenoxy) is 3. The third-order valence-corrected chi connectivity index (χ3v) is 3.48. The molecule has 0 heterocycles. The highest BCUT2D eigenvalue weighted by Gasteiger charge is 2.05. The molecule has 0 N–H and O–H groups in total. The minimum absolute atomic E-state index is 0.108. The summed E-state index contributed by atoms with van der Waals surface area (Å²) in [7, 11) is 3.15. The van der Waals surface area contributed by atoms with Gasteiger partial charge in [-0.15, -0.1) is 0 Å². The van der Waals surface area contributed by atoms with Crippen LogP contribution in [0.3, 0.4) is 0 Å². The van der Waals surface area contributed by atoms with Gasteiger partial charge in [-0.2, -0.15) is 0 Å². The number of hydrogen-bond donors (Lipinski definition) is 0. The lowest BCUT2D eigenvalue weighted by Crippen LogP contribution is -1.98. The average molecular weight is 359 g/mol. The van der Waals surface area contributed by atoms with E-state index < -0.39 is 0 Å². The monoisotopic (exact) mass is 358 g/mol. The van der Waals surface area contributed by atoms with Gasteiger partial charge < -0.3 is 14.2 Å². The summed E-state index contributed by atoms with van der Waals surface area (Å²) in [5.41, 5.74) is 1.40. The molecule has 0 aromatic heterocycles. The molecular weight excluding hydrogens is 340 g/mol. The summed E-state index contributed by atoms with van der Waals surface area (Å²) in [6.07, 6.45) is 3.24. The zero-order chi connectivity index (χ0) is 18.2. The Bertz CT molecular complexity index is 779. The van der Waals surface area contributed by atoms with Crippen LogP contribution in [0, 0.1) is 0 Å². The Morgan fingerprint density at radius 2 is 1.76 bits per heavy atom. The van der Waals surface area contributed by atoms with Crippen LogP contribution in [0.5, 0.6) is 17.2 Å². The van der Waals surface area contributed by atoms with E-state index in [9.17, 15) is 4.79 Å². The number of ketones is 1. The minimum Gasteiger partial charge on any atom is -0.493 e. The largest absolute Gasteiger partial charge is 0.493 e. The Morgan fingerprint density at radius 1 is 1.08 bits per heavy atom. The number of hydrogen-bond acceptors (Lipinski definition) is 4. The maximum Gasteiger partial charge on any atom is 0.185 e. The van der Waals surface area contributed by atoms with Crippen LogP contribution >= 0.6 is 11.6 Å². The number of carbonyl (C=O) groups excluding carboxylic acids is 1. The first-order valence-electron chi connectivity index (χ1n) is 7.54. The van der Waals surface area contributed by atoms with Gasteiger partial charge in [-0.1, -0.05) is 30.3 Å². The van der Waals surface area contributed by atoms with E-state index in [1.54, 1.807) is 56.7 Å². The molecule has 0 spiro atoms. The molecule has 25 heavy (non-hydrogen) atoms. The lowest BCUT2D eigenvalue weighted by molar-refractivity contribution is 0.104. The van der Waals surface area contributed by atoms with Crippen molar-refractivity contribution >= 4 is 23.5 Å². The van der Waals surface area contributed by atoms with E-state index >= 15 is 0 Å². The van der Waals surface area contributed by atoms with Crippen molar-refractivity contribution in [3.05, 3.63) is 71.3 Å². The van der Waals surface area contributed by atoms with Gasteiger partial charge in [0.1, 0.15) is 12.4 Å². The molecule has 130 valence electrons. The van der Waals surface area contributed by atoms with Crippen LogP contribution in [0.1, 0.15) is 15.9 Å². The molecule has 0 amide bonds. The molecule has 0 bridgehead atoms. The van der Waals surface area contributed by atoms with Crippen molar-refractivity contribution in [1.29, 1.82) is 0 Å². The number of carbonyl (C=O) groups is 1. The molecule has 0 unspecified atom stereocenters. The smallest absolute Gasteiger partial charge is 0.185 e. The van der Waals surface area contributed by atoms with Gasteiger partial charge in [0, 0.05) is 10.6 Å². The van der Waals surface area contributed by atoms with Crippen molar-refractivity contribution < 1.29 is 19.0 Å². The number of rotatable bonds is 8. The number of allylic oxidation sites excluding steroid dienone is 1. The molecule has 0 aliphatic carbocycles. The topological polar surface area (TPSA) is 44.8 Å². The quantitative estimate of drug-likeness (QED) is 0.505. The maximum absolute atomic E-state index is 12.3. The molecule has 0 saturated heterocycles. The highest BCUT2D eigenvalue weighted by Crippen LogP contribution is 2.28. The fourth-order valence-corrected chi connectivity index (χ4v) is 2.16. The van der Waals surface area contributed by atoms with E-state index in [0.717, 1.165) is 5.56 Å². The summed E-state index contributed by atoms with van der Waals surface area (Å²) >= 11 is 5.65. The van der Waals surface area contributed by atoms with Gasteiger partial charge in [-0.05, 0) is 48.0 Å². The summed E-state index contributed by atoms with van der Waals surface area (Å²) in [5, 5.41) is 0.415. The fourth-order valence-electron chi connectivity index (χ4n) is 2.10. The Labute approximate surface area is 152 Å². The SMILES string of the molecule is C=C(Cl)COc1ccc(C(=O)/C=C/c2ccc(OC)c(OC)c2)cc1. The lowest BCUT2D eigenvalue weighted by Gasteiger charge is -2.07. The van der Waals surface area contributed by atoms with Crippen LogP contribution in [0.25, 0.3) is 6.08 Å². The molecule has 2 aromatic carbocycles.